The SMILES string of the molecule is CCN1CCC(NCc2cn(CCO)nn2)CC1. The van der Waals surface area contributed by atoms with Crippen LogP contribution in [0.5, 0.6) is 0 Å². The second-order valence-electron chi connectivity index (χ2n) is 4.79. The van der Waals surface area contributed by atoms with Crippen molar-refractivity contribution in [1.29, 1.82) is 0 Å². The minimum Gasteiger partial charge on any atom is -0.394 e. The molecule has 0 atom stereocenters. The highest BCUT2D eigenvalue weighted by Gasteiger charge is 2.17. The molecule has 1 aromatic heterocycles. The topological polar surface area (TPSA) is 66.2 Å². The number of nitrogens with zero attached hydrogens (tertiary/aromatic N) is 4. The number of nitrogens with one attached hydrogen (secondary N) is 1. The van der Waals surface area contributed by atoms with Gasteiger partial charge in [-0.25, -0.2) is 4.68 Å². The summed E-state index contributed by atoms with van der Waals surface area (Å²) in [6.07, 6.45) is 4.31. The van der Waals surface area contributed by atoms with Gasteiger partial charge in [-0.1, -0.05) is 12.1 Å². The van der Waals surface area contributed by atoms with E-state index in [-0.39, 0.29) is 6.61 Å². The highest BCUT2D eigenvalue weighted by atomic mass is 16.3. The molecule has 1 aliphatic rings. The van der Waals surface area contributed by atoms with E-state index in [0.717, 1.165) is 18.8 Å². The van der Waals surface area contributed by atoms with Gasteiger partial charge in [0.15, 0.2) is 0 Å². The van der Waals surface area contributed by atoms with Crippen molar-refractivity contribution in [2.24, 2.45) is 0 Å². The Kier molecular flexibility index (Phi) is 5.10. The molecule has 1 aliphatic heterocycles. The first-order chi connectivity index (χ1) is 8.81. The van der Waals surface area contributed by atoms with Gasteiger partial charge in [0.05, 0.1) is 18.8 Å². The molecule has 0 saturated carbocycles. The number of aliphatic hydroxyl groups is 1. The van der Waals surface area contributed by atoms with E-state index in [4.69, 9.17) is 5.11 Å². The molecular formula is C12H23N5O. The molecule has 0 aromatic carbocycles. The van der Waals surface area contributed by atoms with Gasteiger partial charge in [-0.2, -0.15) is 0 Å². The van der Waals surface area contributed by atoms with E-state index >= 15 is 0 Å². The normalized spacial score (nSPS) is 18.3. The molecule has 2 rings (SSSR count). The first-order valence-corrected chi connectivity index (χ1v) is 6.77. The third-order valence-corrected chi connectivity index (χ3v) is 3.52. The van der Waals surface area contributed by atoms with E-state index in [2.05, 4.69) is 27.5 Å². The van der Waals surface area contributed by atoms with Crippen LogP contribution in [0.3, 0.4) is 0 Å². The van der Waals surface area contributed by atoms with Crippen molar-refractivity contribution in [2.45, 2.75) is 38.9 Å². The quantitative estimate of drug-likeness (QED) is 0.738. The maximum Gasteiger partial charge on any atom is 0.0964 e. The number of aliphatic hydroxyl groups excluding tert-OH is 1. The first-order valence-electron chi connectivity index (χ1n) is 6.77. The number of aromatic nitrogens is 3. The molecule has 0 amide bonds. The van der Waals surface area contributed by atoms with Crippen molar-refractivity contribution in [2.75, 3.05) is 26.2 Å². The number of hydrogen-bond acceptors (Lipinski definition) is 5. The summed E-state index contributed by atoms with van der Waals surface area (Å²) < 4.78 is 1.68. The Balaban J connectivity index is 1.71. The second-order valence-corrected chi connectivity index (χ2v) is 4.79. The molecule has 102 valence electrons. The minimum atomic E-state index is 0.103. The van der Waals surface area contributed by atoms with Crippen LogP contribution in [-0.4, -0.2) is 57.3 Å². The molecular weight excluding hydrogens is 230 g/mol. The van der Waals surface area contributed by atoms with E-state index < -0.39 is 0 Å². The Morgan fingerprint density at radius 1 is 1.44 bits per heavy atom. The molecule has 0 aliphatic carbocycles. The zero-order valence-electron chi connectivity index (χ0n) is 11.0. The van der Waals surface area contributed by atoms with Crippen molar-refractivity contribution in [3.8, 4) is 0 Å². The predicted molar refractivity (Wildman–Crippen MR) is 69.1 cm³/mol. The van der Waals surface area contributed by atoms with Crippen LogP contribution in [0.2, 0.25) is 0 Å². The zero-order chi connectivity index (χ0) is 12.8. The summed E-state index contributed by atoms with van der Waals surface area (Å²) in [6, 6.07) is 0.593. The van der Waals surface area contributed by atoms with Crippen LogP contribution in [0.4, 0.5) is 0 Å². The maximum absolute atomic E-state index is 8.80. The van der Waals surface area contributed by atoms with Crippen LogP contribution in [0.25, 0.3) is 0 Å². The summed E-state index contributed by atoms with van der Waals surface area (Å²) in [4.78, 5) is 2.48. The average molecular weight is 253 g/mol. The van der Waals surface area contributed by atoms with Gasteiger partial charge in [0.1, 0.15) is 0 Å². The summed E-state index contributed by atoms with van der Waals surface area (Å²) >= 11 is 0. The fourth-order valence-corrected chi connectivity index (χ4v) is 2.33. The molecule has 0 spiro atoms. The van der Waals surface area contributed by atoms with Crippen LogP contribution in [0.1, 0.15) is 25.5 Å². The lowest BCUT2D eigenvalue weighted by molar-refractivity contribution is 0.205. The number of hydrogen-bond donors (Lipinski definition) is 2. The second kappa shape index (κ2) is 6.82. The summed E-state index contributed by atoms with van der Waals surface area (Å²) in [7, 11) is 0. The molecule has 0 bridgehead atoms. The van der Waals surface area contributed by atoms with Crippen LogP contribution in [0.15, 0.2) is 6.20 Å². The van der Waals surface area contributed by atoms with E-state index in [1.54, 1.807) is 4.68 Å². The summed E-state index contributed by atoms with van der Waals surface area (Å²) in [5.41, 5.74) is 0.946. The highest BCUT2D eigenvalue weighted by Crippen LogP contribution is 2.10. The average Bonchev–Trinajstić information content (AvgIpc) is 2.85. The molecule has 1 saturated heterocycles. The number of rotatable bonds is 6. The fraction of sp³-hybridized carbons (Fsp3) is 0.833. The van der Waals surface area contributed by atoms with E-state index in [9.17, 15) is 0 Å². The van der Waals surface area contributed by atoms with E-state index in [1.807, 2.05) is 6.20 Å². The fourth-order valence-electron chi connectivity index (χ4n) is 2.33. The summed E-state index contributed by atoms with van der Waals surface area (Å²) in [6.45, 7) is 7.13. The van der Waals surface area contributed by atoms with Gasteiger partial charge < -0.3 is 15.3 Å². The Hall–Kier alpha value is -0.980. The lowest BCUT2D eigenvalue weighted by atomic mass is 10.1. The Bertz CT molecular complexity index is 346. The number of piperidine rings is 1. The third-order valence-electron chi connectivity index (χ3n) is 3.52. The molecule has 1 aromatic rings. The van der Waals surface area contributed by atoms with Crippen LogP contribution < -0.4 is 5.32 Å². The molecule has 6 nitrogen and oxygen atoms in total. The largest absolute Gasteiger partial charge is 0.394 e. The lowest BCUT2D eigenvalue weighted by Crippen LogP contribution is -2.42. The van der Waals surface area contributed by atoms with Crippen molar-refractivity contribution in [3.05, 3.63) is 11.9 Å². The monoisotopic (exact) mass is 253 g/mol. The predicted octanol–water partition coefficient (Wildman–Crippen LogP) is -0.156. The van der Waals surface area contributed by atoms with E-state index in [1.165, 1.54) is 25.9 Å². The third kappa shape index (κ3) is 3.76. The smallest absolute Gasteiger partial charge is 0.0964 e. The maximum atomic E-state index is 8.80. The summed E-state index contributed by atoms with van der Waals surface area (Å²) in [5.74, 6) is 0. The van der Waals surface area contributed by atoms with E-state index in [0.29, 0.717) is 12.6 Å². The van der Waals surface area contributed by atoms with Gasteiger partial charge in [0, 0.05) is 18.8 Å². The molecule has 2 N–H and O–H groups in total. The molecule has 0 radical (unpaired) electrons. The van der Waals surface area contributed by atoms with Gasteiger partial charge >= 0.3 is 0 Å². The Morgan fingerprint density at radius 2 is 2.22 bits per heavy atom. The molecule has 2 heterocycles. The molecule has 18 heavy (non-hydrogen) atoms. The Labute approximate surface area is 108 Å². The molecule has 0 unspecified atom stereocenters. The van der Waals surface area contributed by atoms with Gasteiger partial charge in [-0.3, -0.25) is 0 Å². The molecule has 1 fully saturated rings. The van der Waals surface area contributed by atoms with Gasteiger partial charge in [0.25, 0.3) is 0 Å². The summed E-state index contributed by atoms with van der Waals surface area (Å²) in [5, 5.41) is 20.4. The van der Waals surface area contributed by atoms with Gasteiger partial charge in [-0.05, 0) is 32.5 Å². The lowest BCUT2D eigenvalue weighted by Gasteiger charge is -2.31. The van der Waals surface area contributed by atoms with Crippen LogP contribution >= 0.6 is 0 Å². The van der Waals surface area contributed by atoms with Crippen molar-refractivity contribution >= 4 is 0 Å². The standard InChI is InChI=1S/C12H23N5O/c1-2-16-5-3-11(4-6-16)13-9-12-10-17(7-8-18)15-14-12/h10-11,13,18H,2-9H2,1H3. The minimum absolute atomic E-state index is 0.103. The van der Waals surface area contributed by atoms with Crippen molar-refractivity contribution in [3.63, 3.8) is 0 Å². The Morgan fingerprint density at radius 3 is 2.89 bits per heavy atom. The van der Waals surface area contributed by atoms with Crippen molar-refractivity contribution < 1.29 is 5.11 Å². The molecule has 6 heteroatoms. The van der Waals surface area contributed by atoms with Crippen LogP contribution in [0, 0.1) is 0 Å². The van der Waals surface area contributed by atoms with Gasteiger partial charge in [0.2, 0.25) is 0 Å². The van der Waals surface area contributed by atoms with Gasteiger partial charge in [-0.15, -0.1) is 5.10 Å². The zero-order valence-corrected chi connectivity index (χ0v) is 11.0. The number of likely N-dealkylation sites (tertiary alicyclic amines) is 1. The highest BCUT2D eigenvalue weighted by molar-refractivity contribution is 4.92. The van der Waals surface area contributed by atoms with Crippen LogP contribution in [-0.2, 0) is 13.1 Å². The van der Waals surface area contributed by atoms with Crippen molar-refractivity contribution in [1.82, 2.24) is 25.2 Å². The first kappa shape index (κ1) is 13.5.